The third kappa shape index (κ3) is 4.49. The van der Waals surface area contributed by atoms with Crippen molar-refractivity contribution in [2.45, 2.75) is 25.4 Å². The van der Waals surface area contributed by atoms with Gasteiger partial charge in [0.15, 0.2) is 5.75 Å². The van der Waals surface area contributed by atoms with E-state index in [0.29, 0.717) is 13.2 Å². The molecule has 1 heterocycles. The molecule has 1 aromatic heterocycles. The molecule has 5 heteroatoms. The summed E-state index contributed by atoms with van der Waals surface area (Å²) in [6.45, 7) is 1.97. The van der Waals surface area contributed by atoms with Crippen LogP contribution in [0, 0.1) is 0 Å². The first-order valence-corrected chi connectivity index (χ1v) is 7.36. The lowest BCUT2D eigenvalue weighted by Gasteiger charge is -2.08. The molecule has 0 aliphatic heterocycles. The van der Waals surface area contributed by atoms with Crippen LogP contribution in [-0.4, -0.2) is 29.0 Å². The minimum Gasteiger partial charge on any atom is -0.490 e. The number of rotatable bonds is 8. The third-order valence-electron chi connectivity index (χ3n) is 3.40. The Kier molecular flexibility index (Phi) is 4.40. The van der Waals surface area contributed by atoms with E-state index in [2.05, 4.69) is 22.5 Å². The lowest BCUT2D eigenvalue weighted by atomic mass is 10.2. The Morgan fingerprint density at radius 3 is 2.48 bits per heavy atom. The van der Waals surface area contributed by atoms with Crippen LogP contribution in [0.5, 0.6) is 11.5 Å². The summed E-state index contributed by atoms with van der Waals surface area (Å²) in [7, 11) is 1.86. The molecule has 21 heavy (non-hydrogen) atoms. The van der Waals surface area contributed by atoms with Crippen molar-refractivity contribution in [3.05, 3.63) is 42.2 Å². The second kappa shape index (κ2) is 6.63. The molecule has 0 radical (unpaired) electrons. The van der Waals surface area contributed by atoms with Crippen LogP contribution in [-0.2, 0) is 13.6 Å². The van der Waals surface area contributed by atoms with Crippen LogP contribution < -0.4 is 14.8 Å². The van der Waals surface area contributed by atoms with Gasteiger partial charge in [-0.3, -0.25) is 4.68 Å². The maximum absolute atomic E-state index is 5.65. The summed E-state index contributed by atoms with van der Waals surface area (Å²) in [4.78, 5) is 0. The lowest BCUT2D eigenvalue weighted by molar-refractivity contribution is 0.217. The van der Waals surface area contributed by atoms with Crippen molar-refractivity contribution in [2.75, 3.05) is 13.2 Å². The standard InChI is InChI=1S/C16H21N3O2/c1-19-12-16(11-18-19)21-9-8-20-15-6-2-13(3-7-15)10-17-14-4-5-14/h2-3,6-7,11-12,14,17H,4-5,8-10H2,1H3. The van der Waals surface area contributed by atoms with Crippen molar-refractivity contribution < 1.29 is 9.47 Å². The van der Waals surface area contributed by atoms with Gasteiger partial charge in [0.05, 0.1) is 12.4 Å². The van der Waals surface area contributed by atoms with Crippen molar-refractivity contribution in [1.29, 1.82) is 0 Å². The van der Waals surface area contributed by atoms with Crippen molar-refractivity contribution >= 4 is 0 Å². The molecule has 1 aliphatic carbocycles. The van der Waals surface area contributed by atoms with Gasteiger partial charge in [-0.25, -0.2) is 0 Å². The molecule has 0 bridgehead atoms. The Labute approximate surface area is 124 Å². The first-order chi connectivity index (χ1) is 10.3. The summed E-state index contributed by atoms with van der Waals surface area (Å²) in [5.41, 5.74) is 1.29. The number of aromatic nitrogens is 2. The van der Waals surface area contributed by atoms with E-state index in [4.69, 9.17) is 9.47 Å². The number of nitrogens with one attached hydrogen (secondary N) is 1. The van der Waals surface area contributed by atoms with Gasteiger partial charge in [-0.1, -0.05) is 12.1 Å². The van der Waals surface area contributed by atoms with Gasteiger partial charge in [0.1, 0.15) is 19.0 Å². The highest BCUT2D eigenvalue weighted by Gasteiger charge is 2.19. The summed E-state index contributed by atoms with van der Waals surface area (Å²) in [5.74, 6) is 1.64. The molecular formula is C16H21N3O2. The fourth-order valence-electron chi connectivity index (χ4n) is 2.05. The normalized spacial score (nSPS) is 14.1. The van der Waals surface area contributed by atoms with Gasteiger partial charge in [0.25, 0.3) is 0 Å². The van der Waals surface area contributed by atoms with E-state index in [-0.39, 0.29) is 0 Å². The second-order valence-corrected chi connectivity index (χ2v) is 5.35. The van der Waals surface area contributed by atoms with Crippen LogP contribution in [0.4, 0.5) is 0 Å². The zero-order chi connectivity index (χ0) is 14.5. The van der Waals surface area contributed by atoms with Crippen LogP contribution in [0.2, 0.25) is 0 Å². The van der Waals surface area contributed by atoms with E-state index in [9.17, 15) is 0 Å². The maximum atomic E-state index is 5.65. The van der Waals surface area contributed by atoms with Crippen molar-refractivity contribution in [1.82, 2.24) is 15.1 Å². The van der Waals surface area contributed by atoms with Crippen LogP contribution in [0.1, 0.15) is 18.4 Å². The number of benzene rings is 1. The van der Waals surface area contributed by atoms with E-state index < -0.39 is 0 Å². The minimum absolute atomic E-state index is 0.511. The number of ether oxygens (including phenoxy) is 2. The molecular weight excluding hydrogens is 266 g/mol. The van der Waals surface area contributed by atoms with E-state index >= 15 is 0 Å². The molecule has 112 valence electrons. The smallest absolute Gasteiger partial charge is 0.157 e. The highest BCUT2D eigenvalue weighted by Crippen LogP contribution is 2.20. The number of hydrogen-bond donors (Lipinski definition) is 1. The molecule has 1 aliphatic rings. The van der Waals surface area contributed by atoms with Crippen molar-refractivity contribution in [3.8, 4) is 11.5 Å². The number of nitrogens with zero attached hydrogens (tertiary/aromatic N) is 2. The summed E-state index contributed by atoms with van der Waals surface area (Å²) in [5, 5.41) is 7.54. The average Bonchev–Trinajstić information content (AvgIpc) is 3.24. The van der Waals surface area contributed by atoms with Gasteiger partial charge in [0, 0.05) is 19.6 Å². The van der Waals surface area contributed by atoms with E-state index in [1.165, 1.54) is 18.4 Å². The summed E-state index contributed by atoms with van der Waals surface area (Å²) < 4.78 is 12.9. The molecule has 0 atom stereocenters. The van der Waals surface area contributed by atoms with Crippen LogP contribution in [0.3, 0.4) is 0 Å². The Balaban J connectivity index is 1.36. The summed E-state index contributed by atoms with van der Waals surface area (Å²) in [6.07, 6.45) is 6.17. The first-order valence-electron chi connectivity index (χ1n) is 7.36. The predicted octanol–water partition coefficient (Wildman–Crippen LogP) is 2.13. The van der Waals surface area contributed by atoms with Crippen LogP contribution in [0.15, 0.2) is 36.7 Å². The molecule has 2 aromatic rings. The number of hydrogen-bond acceptors (Lipinski definition) is 4. The topological polar surface area (TPSA) is 48.3 Å². The van der Waals surface area contributed by atoms with E-state index in [0.717, 1.165) is 24.1 Å². The molecule has 1 fully saturated rings. The van der Waals surface area contributed by atoms with Crippen LogP contribution >= 0.6 is 0 Å². The van der Waals surface area contributed by atoms with Gasteiger partial charge in [-0.2, -0.15) is 5.10 Å². The fraction of sp³-hybridized carbons (Fsp3) is 0.438. The largest absolute Gasteiger partial charge is 0.490 e. The second-order valence-electron chi connectivity index (χ2n) is 5.35. The quantitative estimate of drug-likeness (QED) is 0.756. The fourth-order valence-corrected chi connectivity index (χ4v) is 2.05. The molecule has 3 rings (SSSR count). The molecule has 1 N–H and O–H groups in total. The van der Waals surface area contributed by atoms with Crippen molar-refractivity contribution in [2.24, 2.45) is 7.05 Å². The third-order valence-corrected chi connectivity index (χ3v) is 3.40. The monoisotopic (exact) mass is 287 g/mol. The highest BCUT2D eigenvalue weighted by atomic mass is 16.5. The summed E-state index contributed by atoms with van der Waals surface area (Å²) in [6, 6.07) is 8.96. The van der Waals surface area contributed by atoms with Gasteiger partial charge >= 0.3 is 0 Å². The zero-order valence-electron chi connectivity index (χ0n) is 12.3. The van der Waals surface area contributed by atoms with Crippen molar-refractivity contribution in [3.63, 3.8) is 0 Å². The summed E-state index contributed by atoms with van der Waals surface area (Å²) >= 11 is 0. The van der Waals surface area contributed by atoms with Gasteiger partial charge in [0.2, 0.25) is 0 Å². The molecule has 5 nitrogen and oxygen atoms in total. The van der Waals surface area contributed by atoms with Gasteiger partial charge in [-0.15, -0.1) is 0 Å². The molecule has 0 saturated heterocycles. The Morgan fingerprint density at radius 2 is 1.86 bits per heavy atom. The van der Waals surface area contributed by atoms with Crippen LogP contribution in [0.25, 0.3) is 0 Å². The predicted molar refractivity (Wildman–Crippen MR) is 80.5 cm³/mol. The first kappa shape index (κ1) is 13.9. The highest BCUT2D eigenvalue weighted by molar-refractivity contribution is 5.27. The maximum Gasteiger partial charge on any atom is 0.157 e. The SMILES string of the molecule is Cn1cc(OCCOc2ccc(CNC3CC3)cc2)cn1. The zero-order valence-corrected chi connectivity index (χ0v) is 12.3. The minimum atomic E-state index is 0.511. The molecule has 0 spiro atoms. The average molecular weight is 287 g/mol. The Bertz CT molecular complexity index is 561. The van der Waals surface area contributed by atoms with Gasteiger partial charge < -0.3 is 14.8 Å². The van der Waals surface area contributed by atoms with E-state index in [1.54, 1.807) is 10.9 Å². The Hall–Kier alpha value is -2.01. The molecule has 0 unspecified atom stereocenters. The molecule has 1 saturated carbocycles. The Morgan fingerprint density at radius 1 is 1.14 bits per heavy atom. The van der Waals surface area contributed by atoms with Gasteiger partial charge in [-0.05, 0) is 30.5 Å². The molecule has 1 aromatic carbocycles. The van der Waals surface area contributed by atoms with E-state index in [1.807, 2.05) is 25.4 Å². The lowest BCUT2D eigenvalue weighted by Crippen LogP contribution is -2.15. The molecule has 0 amide bonds. The number of aryl methyl sites for hydroxylation is 1.